The first-order valence-corrected chi connectivity index (χ1v) is 4.74. The maximum Gasteiger partial charge on any atom is 0.0267 e. The molecule has 1 aliphatic carbocycles. The first-order valence-electron chi connectivity index (χ1n) is 4.74. The molecule has 86 valence electrons. The summed E-state index contributed by atoms with van der Waals surface area (Å²) in [5.41, 5.74) is 4.33. The van der Waals surface area contributed by atoms with Crippen LogP contribution < -0.4 is 4.90 Å². The number of nitrogens with zero attached hydrogens (tertiary/aromatic N) is 1. The molecule has 0 bridgehead atoms. The summed E-state index contributed by atoms with van der Waals surface area (Å²) in [6, 6.07) is 8.69. The molecule has 4 heteroatoms. The van der Waals surface area contributed by atoms with E-state index in [4.69, 9.17) is 0 Å². The zero-order chi connectivity index (χ0) is 8.84. The van der Waals surface area contributed by atoms with Crippen LogP contribution >= 0.6 is 24.8 Å². The molecular weight excluding hydrogens is 277 g/mol. The minimum Gasteiger partial charge on any atom is -0.426 e. The molecule has 1 aliphatic heterocycles. The van der Waals surface area contributed by atoms with Gasteiger partial charge in [0.25, 0.3) is 0 Å². The number of anilines is 1. The van der Waals surface area contributed by atoms with E-state index in [1.54, 1.807) is 0 Å². The Morgan fingerprint density at radius 3 is 2.69 bits per heavy atom. The molecule has 1 atom stereocenters. The van der Waals surface area contributed by atoms with Crippen molar-refractivity contribution in [1.29, 1.82) is 0 Å². The molecule has 1 nitrogen and oxygen atoms in total. The molecule has 0 saturated carbocycles. The van der Waals surface area contributed by atoms with Crippen LogP contribution in [0.15, 0.2) is 36.0 Å². The number of para-hydroxylation sites is 1. The van der Waals surface area contributed by atoms with E-state index in [0.717, 1.165) is 0 Å². The van der Waals surface area contributed by atoms with Crippen LogP contribution in [0.3, 0.4) is 0 Å². The number of allylic oxidation sites excluding steroid dienone is 2. The summed E-state index contributed by atoms with van der Waals surface area (Å²) >= 11 is 0. The monoisotopic (exact) mass is 290 g/mol. The van der Waals surface area contributed by atoms with Crippen LogP contribution in [0, 0.1) is 6.42 Å². The standard InChI is InChI=1S/C12H12N.2ClH.Ti/c1-13-11-7-3-2-5-9(11)10-6-4-8-12(10)13;;;/h2-5,7-8,10H,6H2,1H3;2*1H;/q-1;;;. The van der Waals surface area contributed by atoms with Gasteiger partial charge in [0, 0.05) is 27.4 Å². The minimum atomic E-state index is 0. The molecule has 0 fully saturated rings. The van der Waals surface area contributed by atoms with E-state index in [0.29, 0.717) is 5.92 Å². The van der Waals surface area contributed by atoms with E-state index in [9.17, 15) is 0 Å². The van der Waals surface area contributed by atoms with Gasteiger partial charge in [-0.1, -0.05) is 24.1 Å². The van der Waals surface area contributed by atoms with Gasteiger partial charge < -0.3 is 4.90 Å². The van der Waals surface area contributed by atoms with Gasteiger partial charge in [0.05, 0.1) is 0 Å². The Hall–Kier alpha value is -0.0757. The van der Waals surface area contributed by atoms with Crippen molar-refractivity contribution < 1.29 is 21.7 Å². The Morgan fingerprint density at radius 1 is 1.25 bits per heavy atom. The fourth-order valence-electron chi connectivity index (χ4n) is 2.42. The molecule has 0 amide bonds. The van der Waals surface area contributed by atoms with Gasteiger partial charge in [-0.25, -0.2) is 12.5 Å². The maximum atomic E-state index is 2.31. The van der Waals surface area contributed by atoms with Crippen LogP contribution in [0.2, 0.25) is 0 Å². The Morgan fingerprint density at radius 2 is 1.94 bits per heavy atom. The topological polar surface area (TPSA) is 3.24 Å². The van der Waals surface area contributed by atoms with Crippen molar-refractivity contribution in [3.05, 3.63) is 48.0 Å². The van der Waals surface area contributed by atoms with Crippen molar-refractivity contribution in [1.82, 2.24) is 0 Å². The number of halogens is 2. The van der Waals surface area contributed by atoms with Gasteiger partial charge in [-0.3, -0.25) is 0 Å². The normalized spacial score (nSPS) is 19.2. The van der Waals surface area contributed by atoms with E-state index in [1.807, 2.05) is 0 Å². The summed E-state index contributed by atoms with van der Waals surface area (Å²) in [5.74, 6) is 0.640. The molecule has 1 aromatic carbocycles. The fourth-order valence-corrected chi connectivity index (χ4v) is 2.42. The van der Waals surface area contributed by atoms with Gasteiger partial charge in [0.1, 0.15) is 0 Å². The molecule has 1 heterocycles. The first kappa shape index (κ1) is 15.9. The summed E-state index contributed by atoms with van der Waals surface area (Å²) in [7, 11) is 2.16. The molecule has 16 heavy (non-hydrogen) atoms. The second-order valence-corrected chi connectivity index (χ2v) is 3.73. The Bertz CT molecular complexity index is 392. The third-order valence-corrected chi connectivity index (χ3v) is 3.08. The Balaban J connectivity index is 0.000000750. The predicted molar refractivity (Wildman–Crippen MR) is 69.1 cm³/mol. The van der Waals surface area contributed by atoms with E-state index in [1.165, 1.54) is 23.4 Å². The smallest absolute Gasteiger partial charge is 0.0267 e. The van der Waals surface area contributed by atoms with Gasteiger partial charge in [-0.2, -0.15) is 0 Å². The molecule has 0 spiro atoms. The molecule has 0 radical (unpaired) electrons. The zero-order valence-corrected chi connectivity index (χ0v) is 12.2. The average Bonchev–Trinajstić information content (AvgIpc) is 2.72. The summed E-state index contributed by atoms with van der Waals surface area (Å²) in [4.78, 5) is 2.31. The number of likely N-dealkylation sites (N-methyl/N-ethyl adjacent to an activating group) is 1. The van der Waals surface area contributed by atoms with Crippen LogP contribution in [0.1, 0.15) is 17.9 Å². The van der Waals surface area contributed by atoms with E-state index in [2.05, 4.69) is 48.7 Å². The van der Waals surface area contributed by atoms with E-state index in [-0.39, 0.29) is 46.5 Å². The predicted octanol–water partition coefficient (Wildman–Crippen LogP) is 3.55. The Kier molecular flexibility index (Phi) is 5.99. The fraction of sp³-hybridized carbons (Fsp3) is 0.250. The Labute approximate surface area is 124 Å². The van der Waals surface area contributed by atoms with Crippen LogP contribution in [-0.2, 0) is 21.7 Å². The second kappa shape index (κ2) is 6.02. The van der Waals surface area contributed by atoms with Gasteiger partial charge in [0.15, 0.2) is 0 Å². The van der Waals surface area contributed by atoms with Crippen molar-refractivity contribution in [3.8, 4) is 0 Å². The number of rotatable bonds is 0. The van der Waals surface area contributed by atoms with Crippen LogP contribution in [0.25, 0.3) is 0 Å². The molecule has 1 unspecified atom stereocenters. The molecule has 3 rings (SSSR count). The van der Waals surface area contributed by atoms with Crippen molar-refractivity contribution >= 4 is 30.5 Å². The molecule has 1 aromatic rings. The third kappa shape index (κ3) is 2.15. The third-order valence-electron chi connectivity index (χ3n) is 3.08. The second-order valence-electron chi connectivity index (χ2n) is 3.73. The van der Waals surface area contributed by atoms with Gasteiger partial charge in [0.2, 0.25) is 0 Å². The number of hydrogen-bond donors (Lipinski definition) is 0. The largest absolute Gasteiger partial charge is 0.426 e. The summed E-state index contributed by atoms with van der Waals surface area (Å²) in [6.07, 6.45) is 5.70. The molecule has 0 saturated heterocycles. The van der Waals surface area contributed by atoms with Crippen molar-refractivity contribution in [2.75, 3.05) is 11.9 Å². The summed E-state index contributed by atoms with van der Waals surface area (Å²) in [5, 5.41) is 0. The van der Waals surface area contributed by atoms with Crippen molar-refractivity contribution in [2.24, 2.45) is 0 Å². The quantitative estimate of drug-likeness (QED) is 0.522. The average molecular weight is 291 g/mol. The first-order chi connectivity index (χ1) is 6.38. The van der Waals surface area contributed by atoms with Gasteiger partial charge in [-0.05, 0) is 18.7 Å². The molecular formula is C12H14Cl2NTi-. The van der Waals surface area contributed by atoms with Crippen LogP contribution in [0.5, 0.6) is 0 Å². The van der Waals surface area contributed by atoms with Gasteiger partial charge in [-0.15, -0.1) is 36.9 Å². The van der Waals surface area contributed by atoms with Gasteiger partial charge >= 0.3 is 0 Å². The van der Waals surface area contributed by atoms with E-state index < -0.39 is 0 Å². The number of benzene rings is 1. The molecule has 0 N–H and O–H groups in total. The van der Waals surface area contributed by atoms with E-state index >= 15 is 0 Å². The van der Waals surface area contributed by atoms with Crippen LogP contribution in [-0.4, -0.2) is 7.05 Å². The number of fused-ring (bicyclic) bond motifs is 3. The number of hydrogen-bond acceptors (Lipinski definition) is 1. The summed E-state index contributed by atoms with van der Waals surface area (Å²) in [6.45, 7) is 0. The summed E-state index contributed by atoms with van der Waals surface area (Å²) < 4.78 is 0. The minimum absolute atomic E-state index is 0. The SMILES string of the molecule is CN1C2=C[CH-]CC2c2ccccc21.Cl.Cl.[Ti]. The maximum absolute atomic E-state index is 2.31. The zero-order valence-electron chi connectivity index (χ0n) is 9.01. The molecule has 2 aliphatic rings. The molecule has 0 aromatic heterocycles. The van der Waals surface area contributed by atoms with Crippen LogP contribution in [0.4, 0.5) is 5.69 Å². The van der Waals surface area contributed by atoms with Crippen molar-refractivity contribution in [3.63, 3.8) is 0 Å². The van der Waals surface area contributed by atoms with Crippen molar-refractivity contribution in [2.45, 2.75) is 12.3 Å².